The van der Waals surface area contributed by atoms with Gasteiger partial charge in [0, 0.05) is 26.5 Å². The molecule has 10 heteroatoms. The van der Waals surface area contributed by atoms with Crippen LogP contribution < -0.4 is 0 Å². The number of alkyl halides is 6. The second-order valence-corrected chi connectivity index (χ2v) is 12.1. The van der Waals surface area contributed by atoms with Crippen LogP contribution in [0.1, 0.15) is 16.2 Å². The normalized spacial score (nSPS) is 33.4. The smallest absolute Gasteiger partial charge is 0.194 e. The summed E-state index contributed by atoms with van der Waals surface area (Å²) in [6, 6.07) is 6.85. The highest BCUT2D eigenvalue weighted by molar-refractivity contribution is 8.08. The minimum absolute atomic E-state index is 0.112. The van der Waals surface area contributed by atoms with Crippen molar-refractivity contribution in [3.63, 3.8) is 0 Å². The predicted molar refractivity (Wildman–Crippen MR) is 120 cm³/mol. The summed E-state index contributed by atoms with van der Waals surface area (Å²) in [7, 11) is 0. The van der Waals surface area contributed by atoms with Gasteiger partial charge in [-0.3, -0.25) is 0 Å². The van der Waals surface area contributed by atoms with Crippen LogP contribution >= 0.6 is 46.2 Å². The zero-order valence-corrected chi connectivity index (χ0v) is 19.1. The fraction of sp³-hybridized carbons (Fsp3) is 0.273. The van der Waals surface area contributed by atoms with Crippen LogP contribution in [0.4, 0.5) is 26.3 Å². The Hall–Kier alpha value is -1.36. The summed E-state index contributed by atoms with van der Waals surface area (Å²) < 4.78 is 87.7. The summed E-state index contributed by atoms with van der Waals surface area (Å²) in [6.45, 7) is 0. The first-order chi connectivity index (χ1) is 15.1. The van der Waals surface area contributed by atoms with Crippen molar-refractivity contribution in [2.45, 2.75) is 33.7 Å². The quantitative estimate of drug-likeness (QED) is 0.375. The molecule has 2 aliphatic carbocycles. The van der Waals surface area contributed by atoms with Crippen molar-refractivity contribution in [3.05, 3.63) is 84.5 Å². The van der Waals surface area contributed by atoms with Gasteiger partial charge in [0.05, 0.1) is 9.49 Å². The molecule has 0 spiro atoms. The third-order valence-corrected chi connectivity index (χ3v) is 11.4. The first-order valence-corrected chi connectivity index (χ1v) is 13.0. The van der Waals surface area contributed by atoms with Gasteiger partial charge in [0.1, 0.15) is 0 Å². The van der Waals surface area contributed by atoms with E-state index >= 15 is 17.6 Å². The first kappa shape index (κ1) is 21.2. The fourth-order valence-corrected chi connectivity index (χ4v) is 10.2. The monoisotopic (exact) mass is 518 g/mol. The van der Waals surface area contributed by atoms with Crippen molar-refractivity contribution in [2.75, 3.05) is 0 Å². The van der Waals surface area contributed by atoms with Gasteiger partial charge in [-0.1, -0.05) is 24.3 Å². The molecule has 4 aliphatic rings. The van der Waals surface area contributed by atoms with Crippen LogP contribution in [0.5, 0.6) is 0 Å². The summed E-state index contributed by atoms with van der Waals surface area (Å²) in [6.07, 6.45) is 3.62. The molecule has 166 valence electrons. The number of hydrogen-bond acceptors (Lipinski definition) is 4. The van der Waals surface area contributed by atoms with E-state index in [1.165, 1.54) is 29.2 Å². The van der Waals surface area contributed by atoms with Gasteiger partial charge in [-0.2, -0.15) is 26.3 Å². The van der Waals surface area contributed by atoms with E-state index in [4.69, 9.17) is 0 Å². The second kappa shape index (κ2) is 6.40. The van der Waals surface area contributed by atoms with Crippen LogP contribution in [0, 0.1) is 0 Å². The lowest BCUT2D eigenvalue weighted by atomic mass is 9.76. The Bertz CT molecular complexity index is 1230. The SMILES string of the molecule is FC1(F)C2=C3C=CSC3(C3(c4cccs4)CC=CS3)C(c3cccs3)=C2C(F)(F)C1(F)F. The molecule has 0 aromatic carbocycles. The Morgan fingerprint density at radius 1 is 0.750 bits per heavy atom. The Balaban J connectivity index is 1.77. The molecule has 2 unspecified atom stereocenters. The van der Waals surface area contributed by atoms with E-state index in [2.05, 4.69) is 0 Å². The van der Waals surface area contributed by atoms with E-state index in [-0.39, 0.29) is 11.1 Å². The molecule has 0 amide bonds. The Morgan fingerprint density at radius 3 is 2.09 bits per heavy atom. The number of hydrogen-bond donors (Lipinski definition) is 0. The van der Waals surface area contributed by atoms with Crippen LogP contribution in [0.3, 0.4) is 0 Å². The minimum atomic E-state index is -5.51. The molecule has 0 nitrogen and oxygen atoms in total. The average Bonchev–Trinajstić information content (AvgIpc) is 3.55. The van der Waals surface area contributed by atoms with Gasteiger partial charge in [-0.05, 0) is 45.7 Å². The van der Waals surface area contributed by atoms with E-state index in [0.29, 0.717) is 11.3 Å². The summed E-state index contributed by atoms with van der Waals surface area (Å²) >= 11 is 5.05. The third kappa shape index (κ3) is 2.12. The molecule has 32 heavy (non-hydrogen) atoms. The minimum Gasteiger partial charge on any atom is -0.194 e. The number of halogens is 6. The van der Waals surface area contributed by atoms with E-state index in [9.17, 15) is 8.78 Å². The molecule has 2 aliphatic heterocycles. The molecule has 2 atom stereocenters. The van der Waals surface area contributed by atoms with Gasteiger partial charge in [-0.15, -0.1) is 46.2 Å². The maximum Gasteiger partial charge on any atom is 0.380 e. The molecule has 2 aromatic rings. The topological polar surface area (TPSA) is 0 Å². The van der Waals surface area contributed by atoms with Gasteiger partial charge in [0.25, 0.3) is 0 Å². The van der Waals surface area contributed by atoms with Gasteiger partial charge < -0.3 is 0 Å². The largest absolute Gasteiger partial charge is 0.380 e. The lowest BCUT2D eigenvalue weighted by molar-refractivity contribution is -0.258. The lowest BCUT2D eigenvalue weighted by Crippen LogP contribution is -2.50. The van der Waals surface area contributed by atoms with Crippen molar-refractivity contribution in [1.29, 1.82) is 0 Å². The summed E-state index contributed by atoms with van der Waals surface area (Å²) in [5.74, 6) is -15.5. The van der Waals surface area contributed by atoms with Crippen LogP contribution in [-0.4, -0.2) is 22.5 Å². The van der Waals surface area contributed by atoms with Crippen molar-refractivity contribution < 1.29 is 26.3 Å². The first-order valence-electron chi connectivity index (χ1n) is 9.52. The predicted octanol–water partition coefficient (Wildman–Crippen LogP) is 8.34. The van der Waals surface area contributed by atoms with Crippen LogP contribution in [0.15, 0.2) is 74.7 Å². The standard InChI is InChI=1S/C22H12F6S4/c23-20(24)15-12-6-11-32-19(12,18(7-3-10-31-18)14-5-2-9-30-14)16(13-4-1-8-29-13)17(15)21(25,26)22(20,27)28/h1-6,8-11H,7H2. The summed E-state index contributed by atoms with van der Waals surface area (Å²) in [5, 5.41) is 6.90. The Morgan fingerprint density at radius 2 is 1.47 bits per heavy atom. The number of allylic oxidation sites excluding steroid dienone is 4. The molecule has 1 saturated carbocycles. The molecule has 0 bridgehead atoms. The van der Waals surface area contributed by atoms with E-state index in [0.717, 1.165) is 28.0 Å². The van der Waals surface area contributed by atoms with E-state index in [1.54, 1.807) is 22.9 Å². The Kier molecular flexibility index (Phi) is 4.24. The van der Waals surface area contributed by atoms with Crippen molar-refractivity contribution >= 4 is 51.8 Å². The van der Waals surface area contributed by atoms with Crippen molar-refractivity contribution in [3.8, 4) is 0 Å². The van der Waals surface area contributed by atoms with Gasteiger partial charge in [0.2, 0.25) is 0 Å². The van der Waals surface area contributed by atoms with Gasteiger partial charge in [-0.25, -0.2) is 0 Å². The van der Waals surface area contributed by atoms with Gasteiger partial charge in [0.15, 0.2) is 0 Å². The lowest BCUT2D eigenvalue weighted by Gasteiger charge is -2.46. The molecule has 6 rings (SSSR count). The van der Waals surface area contributed by atoms with Crippen LogP contribution in [0.25, 0.3) is 5.57 Å². The number of rotatable bonds is 3. The number of thioether (sulfide) groups is 2. The molecule has 2 aromatic heterocycles. The number of thiophene rings is 2. The Labute approximate surface area is 195 Å². The molecular weight excluding hydrogens is 506 g/mol. The van der Waals surface area contributed by atoms with Crippen molar-refractivity contribution in [2.24, 2.45) is 0 Å². The molecule has 1 fully saturated rings. The van der Waals surface area contributed by atoms with E-state index in [1.807, 2.05) is 29.0 Å². The van der Waals surface area contributed by atoms with Crippen LogP contribution in [0.2, 0.25) is 0 Å². The average molecular weight is 519 g/mol. The molecular formula is C22H12F6S4. The highest BCUT2D eigenvalue weighted by Crippen LogP contribution is 2.77. The maximum atomic E-state index is 15.3. The molecule has 0 saturated heterocycles. The van der Waals surface area contributed by atoms with E-state index < -0.39 is 38.4 Å². The summed E-state index contributed by atoms with van der Waals surface area (Å²) in [5.41, 5.74) is -2.66. The second-order valence-electron chi connectivity index (χ2n) is 7.84. The fourth-order valence-electron chi connectivity index (χ4n) is 5.15. The van der Waals surface area contributed by atoms with Gasteiger partial charge >= 0.3 is 17.8 Å². The molecule has 0 radical (unpaired) electrons. The third-order valence-electron chi connectivity index (χ3n) is 6.42. The molecule has 4 heterocycles. The zero-order valence-electron chi connectivity index (χ0n) is 15.9. The maximum absolute atomic E-state index is 15.3. The molecule has 0 N–H and O–H groups in total. The number of fused-ring (bicyclic) bond motifs is 2. The summed E-state index contributed by atoms with van der Waals surface area (Å²) in [4.78, 5) is 1.13. The highest BCUT2D eigenvalue weighted by atomic mass is 32.2. The van der Waals surface area contributed by atoms with Crippen molar-refractivity contribution in [1.82, 2.24) is 0 Å². The highest BCUT2D eigenvalue weighted by Gasteiger charge is 2.85. The van der Waals surface area contributed by atoms with Crippen LogP contribution in [-0.2, 0) is 4.75 Å². The zero-order chi connectivity index (χ0) is 22.6.